The van der Waals surface area contributed by atoms with Crippen molar-refractivity contribution >= 4 is 11.9 Å². The predicted molar refractivity (Wildman–Crippen MR) is 83.7 cm³/mol. The van der Waals surface area contributed by atoms with E-state index in [2.05, 4.69) is 0 Å². The molecule has 0 aromatic heterocycles. The minimum absolute atomic E-state index is 0.0116. The number of carbonyl (C=O) groups is 2. The minimum atomic E-state index is -0.593. The SMILES string of the molecule is CC(C)COC(=O)C(=CC(C)C(C)C)C(=O)OCC(C)C. The summed E-state index contributed by atoms with van der Waals surface area (Å²) < 4.78 is 10.3. The van der Waals surface area contributed by atoms with Crippen LogP contribution in [0.2, 0.25) is 0 Å². The summed E-state index contributed by atoms with van der Waals surface area (Å²) in [6, 6.07) is 0. The van der Waals surface area contributed by atoms with Gasteiger partial charge in [0.15, 0.2) is 0 Å². The van der Waals surface area contributed by atoms with Crippen molar-refractivity contribution in [2.75, 3.05) is 13.2 Å². The summed E-state index contributed by atoms with van der Waals surface area (Å²) in [4.78, 5) is 24.2. The van der Waals surface area contributed by atoms with Crippen LogP contribution in [0.15, 0.2) is 11.6 Å². The van der Waals surface area contributed by atoms with Gasteiger partial charge in [-0.2, -0.15) is 0 Å². The van der Waals surface area contributed by atoms with Gasteiger partial charge in [0.25, 0.3) is 0 Å². The highest BCUT2D eigenvalue weighted by molar-refractivity contribution is 6.14. The van der Waals surface area contributed by atoms with E-state index in [9.17, 15) is 9.59 Å². The van der Waals surface area contributed by atoms with E-state index in [-0.39, 0.29) is 23.3 Å². The topological polar surface area (TPSA) is 52.6 Å². The summed E-state index contributed by atoms with van der Waals surface area (Å²) >= 11 is 0. The maximum Gasteiger partial charge on any atom is 0.345 e. The van der Waals surface area contributed by atoms with Crippen molar-refractivity contribution in [1.29, 1.82) is 0 Å². The van der Waals surface area contributed by atoms with Gasteiger partial charge < -0.3 is 9.47 Å². The lowest BCUT2D eigenvalue weighted by Crippen LogP contribution is -2.22. The zero-order chi connectivity index (χ0) is 16.6. The fraction of sp³-hybridized carbons (Fsp3) is 0.765. The van der Waals surface area contributed by atoms with Crippen molar-refractivity contribution in [3.63, 3.8) is 0 Å². The van der Waals surface area contributed by atoms with Crippen LogP contribution in [0.4, 0.5) is 0 Å². The number of hydrogen-bond donors (Lipinski definition) is 0. The van der Waals surface area contributed by atoms with Crippen molar-refractivity contribution in [2.24, 2.45) is 23.7 Å². The van der Waals surface area contributed by atoms with Gasteiger partial charge in [0.05, 0.1) is 13.2 Å². The Morgan fingerprint density at radius 2 is 1.19 bits per heavy atom. The molecule has 0 aliphatic rings. The van der Waals surface area contributed by atoms with E-state index in [1.165, 1.54) is 0 Å². The van der Waals surface area contributed by atoms with Crippen molar-refractivity contribution in [2.45, 2.75) is 48.5 Å². The second-order valence-electron chi connectivity index (χ2n) is 6.67. The molecule has 0 bridgehead atoms. The van der Waals surface area contributed by atoms with Crippen LogP contribution >= 0.6 is 0 Å². The summed E-state index contributed by atoms with van der Waals surface area (Å²) in [6.45, 7) is 14.4. The summed E-state index contributed by atoms with van der Waals surface area (Å²) in [5, 5.41) is 0. The molecule has 0 saturated heterocycles. The Labute approximate surface area is 128 Å². The van der Waals surface area contributed by atoms with Crippen molar-refractivity contribution < 1.29 is 19.1 Å². The second kappa shape index (κ2) is 9.59. The normalized spacial score (nSPS) is 12.5. The second-order valence-corrected chi connectivity index (χ2v) is 6.67. The average Bonchev–Trinajstić information content (AvgIpc) is 2.38. The monoisotopic (exact) mass is 298 g/mol. The summed E-state index contributed by atoms with van der Waals surface area (Å²) in [5.74, 6) is -0.308. The molecule has 0 saturated carbocycles. The van der Waals surface area contributed by atoms with Crippen LogP contribution in [0.1, 0.15) is 48.5 Å². The maximum absolute atomic E-state index is 12.1. The van der Waals surface area contributed by atoms with Crippen LogP contribution in [-0.2, 0) is 19.1 Å². The summed E-state index contributed by atoms with van der Waals surface area (Å²) in [6.07, 6.45) is 1.66. The lowest BCUT2D eigenvalue weighted by atomic mass is 9.95. The Morgan fingerprint density at radius 3 is 1.48 bits per heavy atom. The third kappa shape index (κ3) is 8.53. The standard InChI is InChI=1S/C17H30O4/c1-11(2)9-20-16(18)15(8-14(7)13(5)6)17(19)21-10-12(3)4/h8,11-14H,9-10H2,1-7H3. The summed E-state index contributed by atoms with van der Waals surface area (Å²) in [5.41, 5.74) is 0.0116. The van der Waals surface area contributed by atoms with Crippen LogP contribution in [0.3, 0.4) is 0 Å². The molecule has 1 atom stereocenters. The van der Waals surface area contributed by atoms with Crippen LogP contribution in [0, 0.1) is 23.7 Å². The molecular formula is C17H30O4. The van der Waals surface area contributed by atoms with Gasteiger partial charge >= 0.3 is 11.9 Å². The highest BCUT2D eigenvalue weighted by atomic mass is 16.6. The molecule has 1 unspecified atom stereocenters. The average molecular weight is 298 g/mol. The molecule has 21 heavy (non-hydrogen) atoms. The van der Waals surface area contributed by atoms with Gasteiger partial charge in [0.2, 0.25) is 0 Å². The Morgan fingerprint density at radius 1 is 0.810 bits per heavy atom. The number of esters is 2. The van der Waals surface area contributed by atoms with Gasteiger partial charge in [0, 0.05) is 0 Å². The molecule has 0 radical (unpaired) electrons. The minimum Gasteiger partial charge on any atom is -0.462 e. The molecule has 0 amide bonds. The molecule has 4 heteroatoms. The highest BCUT2D eigenvalue weighted by Gasteiger charge is 2.23. The Hall–Kier alpha value is -1.32. The molecule has 0 spiro atoms. The molecule has 4 nitrogen and oxygen atoms in total. The summed E-state index contributed by atoms with van der Waals surface area (Å²) in [7, 11) is 0. The highest BCUT2D eigenvalue weighted by Crippen LogP contribution is 2.16. The van der Waals surface area contributed by atoms with Crippen molar-refractivity contribution in [3.05, 3.63) is 11.6 Å². The first-order chi connectivity index (χ1) is 9.65. The number of rotatable bonds is 8. The Kier molecular flexibility index (Phi) is 8.98. The van der Waals surface area contributed by atoms with Gasteiger partial charge in [-0.15, -0.1) is 0 Å². The molecule has 0 rings (SSSR count). The van der Waals surface area contributed by atoms with E-state index >= 15 is 0 Å². The van der Waals surface area contributed by atoms with E-state index in [0.717, 1.165) is 0 Å². The molecule has 0 aliphatic heterocycles. The Balaban J connectivity index is 5.00. The third-order valence-corrected chi connectivity index (χ3v) is 3.02. The van der Waals surface area contributed by atoms with Gasteiger partial charge in [0.1, 0.15) is 5.57 Å². The lowest BCUT2D eigenvalue weighted by Gasteiger charge is -2.15. The Bertz CT molecular complexity index is 341. The molecule has 0 aromatic carbocycles. The van der Waals surface area contributed by atoms with Gasteiger partial charge in [-0.3, -0.25) is 0 Å². The smallest absolute Gasteiger partial charge is 0.345 e. The molecule has 0 fully saturated rings. The zero-order valence-corrected chi connectivity index (χ0v) is 14.4. The predicted octanol–water partition coefficient (Wildman–Crippen LogP) is 3.60. The van der Waals surface area contributed by atoms with Crippen LogP contribution in [-0.4, -0.2) is 25.2 Å². The largest absolute Gasteiger partial charge is 0.462 e. The maximum atomic E-state index is 12.1. The van der Waals surface area contributed by atoms with E-state index < -0.39 is 11.9 Å². The number of carbonyl (C=O) groups excluding carboxylic acids is 2. The fourth-order valence-electron chi connectivity index (χ4n) is 1.31. The van der Waals surface area contributed by atoms with Crippen molar-refractivity contribution in [3.8, 4) is 0 Å². The molecule has 0 aliphatic carbocycles. The third-order valence-electron chi connectivity index (χ3n) is 3.02. The van der Waals surface area contributed by atoms with E-state index in [1.807, 2.05) is 48.5 Å². The molecule has 0 aromatic rings. The quantitative estimate of drug-likeness (QED) is 0.297. The van der Waals surface area contributed by atoms with Crippen LogP contribution in [0.25, 0.3) is 0 Å². The van der Waals surface area contributed by atoms with Crippen LogP contribution < -0.4 is 0 Å². The number of ether oxygens (including phenoxy) is 2. The molecule has 0 heterocycles. The lowest BCUT2D eigenvalue weighted by molar-refractivity contribution is -0.148. The number of hydrogen-bond acceptors (Lipinski definition) is 4. The van der Waals surface area contributed by atoms with E-state index in [1.54, 1.807) is 6.08 Å². The van der Waals surface area contributed by atoms with Crippen molar-refractivity contribution in [1.82, 2.24) is 0 Å². The van der Waals surface area contributed by atoms with Gasteiger partial charge in [-0.25, -0.2) is 9.59 Å². The number of allylic oxidation sites excluding steroid dienone is 1. The fourth-order valence-corrected chi connectivity index (χ4v) is 1.31. The first-order valence-electron chi connectivity index (χ1n) is 7.71. The van der Waals surface area contributed by atoms with Gasteiger partial charge in [-0.05, 0) is 23.7 Å². The van der Waals surface area contributed by atoms with E-state index in [0.29, 0.717) is 19.1 Å². The molecular weight excluding hydrogens is 268 g/mol. The van der Waals surface area contributed by atoms with E-state index in [4.69, 9.17) is 9.47 Å². The van der Waals surface area contributed by atoms with Crippen LogP contribution in [0.5, 0.6) is 0 Å². The zero-order valence-electron chi connectivity index (χ0n) is 14.4. The first-order valence-corrected chi connectivity index (χ1v) is 7.71. The van der Waals surface area contributed by atoms with Gasteiger partial charge in [-0.1, -0.05) is 54.5 Å². The first kappa shape index (κ1) is 19.7. The molecule has 0 N–H and O–H groups in total. The molecule has 122 valence electrons.